The lowest BCUT2D eigenvalue weighted by molar-refractivity contribution is -0.142. The molecule has 0 spiro atoms. The first kappa shape index (κ1) is 16.2. The quantitative estimate of drug-likeness (QED) is 0.660. The molecule has 1 heterocycles. The van der Waals surface area contributed by atoms with Gasteiger partial charge in [-0.1, -0.05) is 48.5 Å². The van der Waals surface area contributed by atoms with Gasteiger partial charge in [0.2, 0.25) is 0 Å². The number of nitrogens with zero attached hydrogens (tertiary/aromatic N) is 1. The summed E-state index contributed by atoms with van der Waals surface area (Å²) < 4.78 is 5.15. The number of benzene rings is 2. The van der Waals surface area contributed by atoms with E-state index in [1.54, 1.807) is 0 Å². The van der Waals surface area contributed by atoms with E-state index in [4.69, 9.17) is 4.74 Å². The van der Waals surface area contributed by atoms with Crippen LogP contribution >= 0.6 is 0 Å². The summed E-state index contributed by atoms with van der Waals surface area (Å²) in [7, 11) is 0. The number of hydrogen-bond donors (Lipinski definition) is 0. The lowest BCUT2D eigenvalue weighted by Crippen LogP contribution is -2.12. The third kappa shape index (κ3) is 3.46. The fourth-order valence-corrected chi connectivity index (χ4v) is 3.05. The second kappa shape index (κ2) is 7.26. The average Bonchev–Trinajstić information content (AvgIpc) is 2.59. The normalized spacial score (nSPS) is 10.8. The van der Waals surface area contributed by atoms with E-state index in [2.05, 4.69) is 23.2 Å². The van der Waals surface area contributed by atoms with Gasteiger partial charge in [-0.05, 0) is 43.0 Å². The molecule has 0 saturated heterocycles. The molecule has 0 unspecified atom stereocenters. The predicted molar refractivity (Wildman–Crippen MR) is 96.1 cm³/mol. The van der Waals surface area contributed by atoms with Crippen molar-refractivity contribution in [2.45, 2.75) is 26.7 Å². The molecular formula is C21H21NO2. The highest BCUT2D eigenvalue weighted by atomic mass is 16.5. The van der Waals surface area contributed by atoms with Crippen molar-refractivity contribution in [3.05, 3.63) is 77.0 Å². The molecule has 3 heteroatoms. The van der Waals surface area contributed by atoms with Gasteiger partial charge in [-0.25, -0.2) is 0 Å². The zero-order valence-electron chi connectivity index (χ0n) is 14.1. The van der Waals surface area contributed by atoms with Crippen molar-refractivity contribution in [3.63, 3.8) is 0 Å². The first-order valence-corrected chi connectivity index (χ1v) is 8.25. The van der Waals surface area contributed by atoms with Gasteiger partial charge < -0.3 is 4.74 Å². The Kier molecular flexibility index (Phi) is 4.90. The average molecular weight is 319 g/mol. The van der Waals surface area contributed by atoms with Crippen LogP contribution in [-0.4, -0.2) is 17.6 Å². The Balaban J connectivity index is 2.12. The summed E-state index contributed by atoms with van der Waals surface area (Å²) >= 11 is 0. The standard InChI is InChI=1S/C21H21NO2/c1-3-24-21(23)14-18-15(2)22-20-12-8-7-11-17(20)19(18)13-16-9-5-4-6-10-16/h4-12H,3,13-14H2,1-2H3. The number of hydrogen-bond acceptors (Lipinski definition) is 3. The number of carbonyl (C=O) groups excluding carboxylic acids is 1. The van der Waals surface area contributed by atoms with Gasteiger partial charge in [-0.2, -0.15) is 0 Å². The van der Waals surface area contributed by atoms with Crippen molar-refractivity contribution >= 4 is 16.9 Å². The molecule has 0 radical (unpaired) electrons. The van der Waals surface area contributed by atoms with Crippen molar-refractivity contribution in [2.75, 3.05) is 6.61 Å². The molecule has 0 fully saturated rings. The number of aryl methyl sites for hydroxylation is 1. The lowest BCUT2D eigenvalue weighted by atomic mass is 9.93. The minimum Gasteiger partial charge on any atom is -0.466 e. The largest absolute Gasteiger partial charge is 0.466 e. The topological polar surface area (TPSA) is 39.2 Å². The summed E-state index contributed by atoms with van der Waals surface area (Å²) in [5.74, 6) is -0.202. The number of ether oxygens (including phenoxy) is 1. The summed E-state index contributed by atoms with van der Waals surface area (Å²) in [5, 5.41) is 1.10. The number of fused-ring (bicyclic) bond motifs is 1. The van der Waals surface area contributed by atoms with Crippen LogP contribution in [0.25, 0.3) is 10.9 Å². The van der Waals surface area contributed by atoms with E-state index in [1.165, 1.54) is 5.56 Å². The molecule has 1 aromatic heterocycles. The third-order valence-corrected chi connectivity index (χ3v) is 4.17. The van der Waals surface area contributed by atoms with Crippen molar-refractivity contribution < 1.29 is 9.53 Å². The van der Waals surface area contributed by atoms with Crippen LogP contribution in [0.3, 0.4) is 0 Å². The van der Waals surface area contributed by atoms with E-state index in [0.29, 0.717) is 6.61 Å². The Morgan fingerprint density at radius 3 is 2.46 bits per heavy atom. The molecule has 0 aliphatic carbocycles. The summed E-state index contributed by atoms with van der Waals surface area (Å²) in [6.07, 6.45) is 1.04. The third-order valence-electron chi connectivity index (χ3n) is 4.17. The SMILES string of the molecule is CCOC(=O)Cc1c(C)nc2ccccc2c1Cc1ccccc1. The van der Waals surface area contributed by atoms with E-state index < -0.39 is 0 Å². The van der Waals surface area contributed by atoms with Gasteiger partial charge in [0, 0.05) is 11.1 Å². The fraction of sp³-hybridized carbons (Fsp3) is 0.238. The highest BCUT2D eigenvalue weighted by Gasteiger charge is 2.16. The van der Waals surface area contributed by atoms with Gasteiger partial charge >= 0.3 is 5.97 Å². The molecule has 0 saturated carbocycles. The predicted octanol–water partition coefficient (Wildman–Crippen LogP) is 4.24. The molecule has 0 N–H and O–H groups in total. The maximum Gasteiger partial charge on any atom is 0.310 e. The van der Waals surface area contributed by atoms with Crippen LogP contribution in [0.5, 0.6) is 0 Å². The van der Waals surface area contributed by atoms with E-state index >= 15 is 0 Å². The maximum absolute atomic E-state index is 12.1. The monoisotopic (exact) mass is 319 g/mol. The van der Waals surface area contributed by atoms with Gasteiger partial charge in [0.15, 0.2) is 0 Å². The van der Waals surface area contributed by atoms with Crippen LogP contribution in [0.15, 0.2) is 54.6 Å². The molecule has 0 amide bonds. The molecule has 0 aliphatic heterocycles. The Labute approximate surface area is 142 Å². The first-order valence-electron chi connectivity index (χ1n) is 8.25. The number of para-hydroxylation sites is 1. The second-order valence-corrected chi connectivity index (χ2v) is 5.82. The minimum absolute atomic E-state index is 0.202. The van der Waals surface area contributed by atoms with Gasteiger partial charge in [0.25, 0.3) is 0 Å². The highest BCUT2D eigenvalue weighted by molar-refractivity contribution is 5.86. The van der Waals surface area contributed by atoms with Crippen molar-refractivity contribution in [3.8, 4) is 0 Å². The van der Waals surface area contributed by atoms with Crippen LogP contribution in [0.1, 0.15) is 29.3 Å². The first-order chi connectivity index (χ1) is 11.7. The smallest absolute Gasteiger partial charge is 0.310 e. The van der Waals surface area contributed by atoms with Gasteiger partial charge in [0.05, 0.1) is 18.5 Å². The second-order valence-electron chi connectivity index (χ2n) is 5.82. The van der Waals surface area contributed by atoms with Crippen LogP contribution in [0.2, 0.25) is 0 Å². The molecule has 3 rings (SSSR count). The number of rotatable bonds is 5. The number of carbonyl (C=O) groups is 1. The van der Waals surface area contributed by atoms with E-state index in [1.807, 2.05) is 50.2 Å². The van der Waals surface area contributed by atoms with Crippen molar-refractivity contribution in [1.82, 2.24) is 4.98 Å². The molecule has 0 aliphatic rings. The van der Waals surface area contributed by atoms with Crippen molar-refractivity contribution in [1.29, 1.82) is 0 Å². The molecule has 0 bridgehead atoms. The molecule has 122 valence electrons. The van der Waals surface area contributed by atoms with Crippen LogP contribution < -0.4 is 0 Å². The molecule has 2 aromatic carbocycles. The minimum atomic E-state index is -0.202. The van der Waals surface area contributed by atoms with Gasteiger partial charge in [-0.3, -0.25) is 9.78 Å². The van der Waals surface area contributed by atoms with Crippen LogP contribution in [0, 0.1) is 6.92 Å². The summed E-state index contributed by atoms with van der Waals surface area (Å²) in [5.41, 5.74) is 5.23. The lowest BCUT2D eigenvalue weighted by Gasteiger charge is -2.15. The van der Waals surface area contributed by atoms with Crippen LogP contribution in [0.4, 0.5) is 0 Å². The van der Waals surface area contributed by atoms with Crippen LogP contribution in [-0.2, 0) is 22.4 Å². The molecule has 0 atom stereocenters. The number of aromatic nitrogens is 1. The van der Waals surface area contributed by atoms with E-state index in [-0.39, 0.29) is 12.4 Å². The van der Waals surface area contributed by atoms with Gasteiger partial charge in [-0.15, -0.1) is 0 Å². The Morgan fingerprint density at radius 2 is 1.71 bits per heavy atom. The summed E-state index contributed by atoms with van der Waals surface area (Å²) in [6, 6.07) is 18.4. The Morgan fingerprint density at radius 1 is 1.00 bits per heavy atom. The highest BCUT2D eigenvalue weighted by Crippen LogP contribution is 2.26. The molecule has 3 aromatic rings. The maximum atomic E-state index is 12.1. The van der Waals surface area contributed by atoms with E-state index in [0.717, 1.165) is 34.1 Å². The number of pyridine rings is 1. The van der Waals surface area contributed by atoms with E-state index in [9.17, 15) is 4.79 Å². The zero-order chi connectivity index (χ0) is 16.9. The fourth-order valence-electron chi connectivity index (χ4n) is 3.05. The Hall–Kier alpha value is -2.68. The Bertz CT molecular complexity index is 856. The molecular weight excluding hydrogens is 298 g/mol. The van der Waals surface area contributed by atoms with Crippen molar-refractivity contribution in [2.24, 2.45) is 0 Å². The van der Waals surface area contributed by atoms with Gasteiger partial charge in [0.1, 0.15) is 0 Å². The molecule has 24 heavy (non-hydrogen) atoms. The summed E-state index contributed by atoms with van der Waals surface area (Å²) in [6.45, 7) is 4.19. The molecule has 3 nitrogen and oxygen atoms in total. The zero-order valence-corrected chi connectivity index (χ0v) is 14.1. The summed E-state index contributed by atoms with van der Waals surface area (Å²) in [4.78, 5) is 16.7. The number of esters is 1.